The van der Waals surface area contributed by atoms with Crippen LogP contribution in [0.25, 0.3) is 11.3 Å². The number of hydrogen-bond donors (Lipinski definition) is 7. The summed E-state index contributed by atoms with van der Waals surface area (Å²) in [6.07, 6.45) is 20.8. The Bertz CT molecular complexity index is 4890. The Morgan fingerprint density at radius 2 is 0.957 bits per heavy atom. The Kier molecular flexibility index (Phi) is 30.0. The van der Waals surface area contributed by atoms with E-state index in [2.05, 4.69) is 117 Å². The number of rotatable bonds is 22. The van der Waals surface area contributed by atoms with Crippen molar-refractivity contribution in [3.63, 3.8) is 0 Å². The van der Waals surface area contributed by atoms with Crippen LogP contribution in [0.3, 0.4) is 0 Å². The quantitative estimate of drug-likeness (QED) is 0.0188. The van der Waals surface area contributed by atoms with E-state index in [0.29, 0.717) is 37.7 Å². The Morgan fingerprint density at radius 1 is 0.574 bits per heavy atom. The minimum Gasteiger partial charge on any atom is -0.399 e. The molecule has 12 heterocycles. The fourth-order valence-electron chi connectivity index (χ4n) is 13.4. The molecular weight excluding hydrogens is 1700 g/mol. The summed E-state index contributed by atoms with van der Waals surface area (Å²) >= 11 is 21.4. The average molecular weight is 1790 g/mol. The summed E-state index contributed by atoms with van der Waals surface area (Å²) in [5.41, 5.74) is 20.6. The summed E-state index contributed by atoms with van der Waals surface area (Å²) in [5.74, 6) is -1.83. The molecule has 115 heavy (non-hydrogen) atoms. The number of piperidine rings is 3. The summed E-state index contributed by atoms with van der Waals surface area (Å²) in [6.45, 7) is 14.3. The third-order valence-electron chi connectivity index (χ3n) is 21.6. The number of hydrogen-bond acceptors (Lipinski definition) is 23. The van der Waals surface area contributed by atoms with Crippen LogP contribution in [0, 0.1) is 51.7 Å². The van der Waals surface area contributed by atoms with Gasteiger partial charge in [0.15, 0.2) is 23.7 Å². The molecule has 0 radical (unpaired) electrons. The van der Waals surface area contributed by atoms with E-state index < -0.39 is 34.3 Å². The van der Waals surface area contributed by atoms with Crippen LogP contribution in [-0.4, -0.2) is 153 Å². The fourth-order valence-corrected chi connectivity index (χ4v) is 15.7. The molecule has 30 nitrogen and oxygen atoms in total. The van der Waals surface area contributed by atoms with Crippen LogP contribution >= 0.6 is 90.1 Å². The predicted octanol–water partition coefficient (Wildman–Crippen LogP) is 11.5. The van der Waals surface area contributed by atoms with E-state index in [-0.39, 0.29) is 113 Å². The fraction of sp³-hybridized carbons (Fsp3) is 0.455. The Labute approximate surface area is 707 Å². The van der Waals surface area contributed by atoms with Crippen LogP contribution in [0.15, 0.2) is 106 Å². The van der Waals surface area contributed by atoms with Crippen molar-refractivity contribution in [2.45, 2.75) is 165 Å². The van der Waals surface area contributed by atoms with Crippen molar-refractivity contribution < 1.29 is 42.9 Å². The predicted molar refractivity (Wildman–Crippen MR) is 446 cm³/mol. The molecule has 7 aliphatic rings. The van der Waals surface area contributed by atoms with Gasteiger partial charge in [0, 0.05) is 111 Å². The first kappa shape index (κ1) is 88.5. The molecular formula is C77H89BBr2Cl3N21O9S2. The summed E-state index contributed by atoms with van der Waals surface area (Å²) < 4.78 is 19.8. The molecule has 0 aromatic carbocycles. The van der Waals surface area contributed by atoms with Crippen molar-refractivity contribution in [2.75, 3.05) is 55.2 Å². The van der Waals surface area contributed by atoms with Crippen LogP contribution in [0.4, 0.5) is 17.5 Å². The molecule has 0 spiro atoms. The van der Waals surface area contributed by atoms with E-state index in [1.165, 1.54) is 28.9 Å². The molecule has 0 atom stereocenters. The van der Waals surface area contributed by atoms with Crippen LogP contribution in [0.2, 0.25) is 8.67 Å². The van der Waals surface area contributed by atoms with Crippen molar-refractivity contribution in [1.29, 1.82) is 15.8 Å². The zero-order valence-electron chi connectivity index (χ0n) is 63.8. The summed E-state index contributed by atoms with van der Waals surface area (Å²) in [4.78, 5) is 99.5. The number of likely N-dealkylation sites (tertiary alicyclic amines) is 2. The van der Waals surface area contributed by atoms with Crippen molar-refractivity contribution >= 4 is 162 Å². The molecule has 10 N–H and O–H groups in total. The van der Waals surface area contributed by atoms with E-state index in [1.54, 1.807) is 44.8 Å². The number of halogens is 5. The highest BCUT2D eigenvalue weighted by Crippen LogP contribution is 2.41. The highest BCUT2D eigenvalue weighted by atomic mass is 79.9. The zero-order valence-corrected chi connectivity index (χ0v) is 70.9. The number of carbonyl (C=O) groups excluding carboxylic acids is 7. The van der Waals surface area contributed by atoms with Gasteiger partial charge in [-0.3, -0.25) is 62.4 Å². The molecule has 8 aromatic rings. The zero-order chi connectivity index (χ0) is 81.7. The summed E-state index contributed by atoms with van der Waals surface area (Å²) in [5, 5.41) is 57.2. The van der Waals surface area contributed by atoms with Gasteiger partial charge in [-0.25, -0.2) is 9.97 Å². The highest BCUT2D eigenvalue weighted by molar-refractivity contribution is 9.10. The van der Waals surface area contributed by atoms with Gasteiger partial charge >= 0.3 is 7.12 Å². The lowest BCUT2D eigenvalue weighted by molar-refractivity contribution is -0.118. The number of anilines is 3. The first-order valence-corrected chi connectivity index (χ1v) is 41.4. The lowest BCUT2D eigenvalue weighted by Gasteiger charge is -2.40. The average Bonchev–Trinajstić information content (AvgIpc) is 1.50. The lowest BCUT2D eigenvalue weighted by Crippen LogP contribution is -2.46. The normalized spacial score (nSPS) is 18.1. The number of amides is 6. The van der Waals surface area contributed by atoms with Gasteiger partial charge in [-0.05, 0) is 208 Å². The van der Waals surface area contributed by atoms with Gasteiger partial charge in [-0.2, -0.15) is 31.1 Å². The van der Waals surface area contributed by atoms with Gasteiger partial charge in [-0.1, -0.05) is 35.3 Å². The minimum absolute atomic E-state index is 0. The van der Waals surface area contributed by atoms with Gasteiger partial charge in [-0.15, -0.1) is 35.1 Å². The van der Waals surface area contributed by atoms with E-state index in [9.17, 15) is 49.3 Å². The molecule has 6 amide bonds. The third-order valence-corrected chi connectivity index (χ3v) is 24.7. The van der Waals surface area contributed by atoms with Gasteiger partial charge in [0.25, 0.3) is 17.7 Å². The second kappa shape index (κ2) is 38.9. The van der Waals surface area contributed by atoms with Crippen LogP contribution in [-0.2, 0) is 53.4 Å². The van der Waals surface area contributed by atoms with Crippen molar-refractivity contribution in [3.05, 3.63) is 148 Å². The summed E-state index contributed by atoms with van der Waals surface area (Å²) in [7, 11) is -0.293. The molecule has 3 saturated carbocycles. The molecule has 606 valence electrons. The highest BCUT2D eigenvalue weighted by Gasteiger charge is 2.52. The van der Waals surface area contributed by atoms with E-state index in [1.807, 2.05) is 81.2 Å². The monoisotopic (exact) mass is 1790 g/mol. The van der Waals surface area contributed by atoms with Crippen molar-refractivity contribution in [1.82, 2.24) is 59.4 Å². The number of primary amides is 3. The summed E-state index contributed by atoms with van der Waals surface area (Å²) in [6, 6.07) is 22.1. The first-order chi connectivity index (χ1) is 54.5. The Morgan fingerprint density at radius 3 is 1.28 bits per heavy atom. The largest absolute Gasteiger partial charge is 0.495 e. The maximum atomic E-state index is 12.3. The molecule has 4 aliphatic heterocycles. The Hall–Kier alpha value is -8.87. The SMILES string of the molecule is CC1(C)OB(c2csc(Cl)c2)OC1(C)C.Cl.N#CCC1(n2cc(C(N)=O)c(NC(=O)C3CC3)n2)CCN(Cc2ccc(-c3csc(Cl)c3)nc2)CC1.N#CCC1(n2cc(C(N)=O)c(NC(=O)C3CC3)n2)CCN(Cc2ccc(Br)nc2)CC1.N#CCC1(n2cc(C(N)=O)c(NC(=O)C3CC3)n2)CCNCC1.O=Cc1ccc(Br)nc1. The molecule has 3 aliphatic carbocycles. The van der Waals surface area contributed by atoms with Gasteiger partial charge < -0.3 is 47.8 Å². The lowest BCUT2D eigenvalue weighted by atomic mass is 9.82. The van der Waals surface area contributed by atoms with Crippen molar-refractivity contribution in [2.24, 2.45) is 35.0 Å². The van der Waals surface area contributed by atoms with Crippen LogP contribution in [0.5, 0.6) is 0 Å². The Balaban J connectivity index is 0.000000161. The maximum absolute atomic E-state index is 12.3. The number of carbonyl (C=O) groups is 7. The number of nitrogens with two attached hydrogens (primary N) is 3. The maximum Gasteiger partial charge on any atom is 0.495 e. The molecule has 38 heteroatoms. The molecule has 0 unspecified atom stereocenters. The van der Waals surface area contributed by atoms with E-state index >= 15 is 0 Å². The second-order valence-electron chi connectivity index (χ2n) is 30.4. The number of nitrogens with one attached hydrogen (secondary N) is 4. The van der Waals surface area contributed by atoms with Gasteiger partial charge in [0.2, 0.25) is 17.7 Å². The van der Waals surface area contributed by atoms with Crippen LogP contribution in [0.1, 0.15) is 177 Å². The van der Waals surface area contributed by atoms with E-state index in [4.69, 9.17) is 49.7 Å². The second-order valence-corrected chi connectivity index (χ2v) is 35.1. The number of nitrogens with zero attached hydrogens (tertiary/aromatic N) is 14. The van der Waals surface area contributed by atoms with Gasteiger partial charge in [0.1, 0.15) is 25.9 Å². The topological polar surface area (TPSA) is 434 Å². The molecule has 15 rings (SSSR count). The van der Waals surface area contributed by atoms with E-state index in [0.717, 1.165) is 156 Å². The standard InChI is InChI=1S/C25H26ClN7O2S.C21H24BrN7O2.C15H20N6O2.C10H14BClO2S.C6H4BrNO.ClH/c26-21-11-18(15-36-21)20-4-1-16(12-29-20)13-32-9-6-25(5-8-27,7-10-32)33-14-19(22(28)34)23(31-33)30-24(35)17-2-3-17;22-17-4-1-14(11-25-17)12-28-9-6-21(5-8-23,7-10-28)29-13-16(18(24)30)19(27-29)26-20(31)15-2-3-15;16-6-3-15(4-7-18-8-5-15)21-9-11(12(17)22)13(20-21)19-14(23)10-1-2-10;1-9(2)10(3,4)14-11(13-9)7-5-8(12)15-6-7;7-6-2-1-5(4-9)3-8-6;/h1,4,11-12,14-15,17H,2-3,5-7,9-10,13H2,(H2,28,34)(H,30,31,35);1,4,11,13,15H,2-3,5-7,9-10,12H2,(H2,24,30)(H,26,27,31);9-10,18H,1-5,7-8H2,(H2,17,22)(H,19,20,23);5-6H,1-4H3;1-4H;1H. The van der Waals surface area contributed by atoms with Gasteiger partial charge in [0.05, 0.1) is 79.7 Å². The number of thiophene rings is 2. The molecule has 0 bridgehead atoms. The van der Waals surface area contributed by atoms with Crippen molar-refractivity contribution in [3.8, 4) is 29.5 Å². The molecule has 4 saturated heterocycles. The number of pyridine rings is 3. The number of nitriles is 3. The molecule has 7 fully saturated rings. The third kappa shape index (κ3) is 22.9. The number of aldehydes is 1. The molecule has 8 aromatic heterocycles. The number of aromatic nitrogens is 9. The minimum atomic E-state index is -0.655. The first-order valence-electron chi connectivity index (χ1n) is 37.3. The van der Waals surface area contributed by atoms with Crippen LogP contribution < -0.4 is 43.9 Å². The smallest absolute Gasteiger partial charge is 0.399 e.